The highest BCUT2D eigenvalue weighted by Gasteiger charge is 2.46. The van der Waals surface area contributed by atoms with Crippen molar-refractivity contribution < 1.29 is 35.1 Å². The highest BCUT2D eigenvalue weighted by molar-refractivity contribution is 5.73. The predicted octanol–water partition coefficient (Wildman–Crippen LogP) is -1.78. The van der Waals surface area contributed by atoms with Crippen LogP contribution < -0.4 is 0 Å². The smallest absolute Gasteiger partial charge is 0.335 e. The molecular formula is C12H25NO7. The molecule has 1 heterocycles. The Hall–Kier alpha value is -0.770. The Morgan fingerprint density at radius 3 is 1.70 bits per heavy atom. The lowest BCUT2D eigenvalue weighted by molar-refractivity contribution is -0.279. The van der Waals surface area contributed by atoms with E-state index < -0.39 is 36.7 Å². The molecule has 0 aromatic carbocycles. The zero-order chi connectivity index (χ0) is 15.9. The van der Waals surface area contributed by atoms with E-state index in [1.807, 2.05) is 0 Å². The number of hydrogen-bond acceptors (Lipinski definition) is 7. The summed E-state index contributed by atoms with van der Waals surface area (Å²) < 4.78 is 4.34. The second kappa shape index (κ2) is 9.22. The number of carbonyl (C=O) groups is 1. The van der Waals surface area contributed by atoms with Crippen LogP contribution in [0.25, 0.3) is 0 Å². The van der Waals surface area contributed by atoms with E-state index in [-0.39, 0.29) is 0 Å². The quantitative estimate of drug-likeness (QED) is 0.411. The van der Waals surface area contributed by atoms with Crippen molar-refractivity contribution in [3.8, 4) is 0 Å². The fourth-order valence-corrected chi connectivity index (χ4v) is 1.74. The highest BCUT2D eigenvalue weighted by Crippen LogP contribution is 2.19. The number of nitrogens with zero attached hydrogens (tertiary/aromatic N) is 1. The number of hydrogen-bond donors (Lipinski definition) is 5. The molecule has 0 unspecified atom stereocenters. The monoisotopic (exact) mass is 295 g/mol. The number of aliphatic hydroxyl groups is 4. The number of carboxylic acids is 1. The van der Waals surface area contributed by atoms with E-state index in [2.05, 4.69) is 30.4 Å². The molecule has 0 aliphatic carbocycles. The first-order valence-corrected chi connectivity index (χ1v) is 6.62. The van der Waals surface area contributed by atoms with Crippen LogP contribution in [0.5, 0.6) is 0 Å². The van der Waals surface area contributed by atoms with Gasteiger partial charge in [-0.1, -0.05) is 20.8 Å². The van der Waals surface area contributed by atoms with Gasteiger partial charge in [-0.15, -0.1) is 0 Å². The molecule has 0 amide bonds. The summed E-state index contributed by atoms with van der Waals surface area (Å²) in [4.78, 5) is 12.7. The molecule has 8 heteroatoms. The molecule has 5 atom stereocenters. The molecule has 0 aromatic heterocycles. The van der Waals surface area contributed by atoms with Crippen molar-refractivity contribution in [3.63, 3.8) is 0 Å². The second-order valence-electron chi connectivity index (χ2n) is 4.38. The zero-order valence-corrected chi connectivity index (χ0v) is 12.0. The van der Waals surface area contributed by atoms with Crippen molar-refractivity contribution >= 4 is 5.97 Å². The van der Waals surface area contributed by atoms with Gasteiger partial charge in [0.05, 0.1) is 0 Å². The Kier molecular flexibility index (Phi) is 8.86. The van der Waals surface area contributed by atoms with Crippen LogP contribution in [0.2, 0.25) is 0 Å². The van der Waals surface area contributed by atoms with Crippen molar-refractivity contribution in [1.29, 1.82) is 0 Å². The third kappa shape index (κ3) is 5.31. The molecule has 1 aliphatic rings. The van der Waals surface area contributed by atoms with Crippen LogP contribution in [0.15, 0.2) is 0 Å². The SMILES string of the molecule is CCN(CC)CC.O=C(O)[C@H]1O[C@@H](O)[C@H](O)[C@@H](O)[C@@H]1O. The molecule has 8 nitrogen and oxygen atoms in total. The number of rotatable bonds is 4. The third-order valence-corrected chi connectivity index (χ3v) is 3.17. The van der Waals surface area contributed by atoms with Crippen LogP contribution in [-0.2, 0) is 9.53 Å². The van der Waals surface area contributed by atoms with Crippen LogP contribution in [0, 0.1) is 0 Å². The summed E-state index contributed by atoms with van der Waals surface area (Å²) >= 11 is 0. The maximum absolute atomic E-state index is 10.4. The Labute approximate surface area is 118 Å². The summed E-state index contributed by atoms with van der Waals surface area (Å²) in [5.74, 6) is -1.52. The normalized spacial score (nSPS) is 33.5. The molecule has 120 valence electrons. The molecule has 0 bridgehead atoms. The lowest BCUT2D eigenvalue weighted by Gasteiger charge is -2.36. The van der Waals surface area contributed by atoms with Crippen LogP contribution in [-0.4, -0.2) is 86.7 Å². The average molecular weight is 295 g/mol. The van der Waals surface area contributed by atoms with Gasteiger partial charge in [-0.2, -0.15) is 0 Å². The minimum atomic E-state index is -1.81. The van der Waals surface area contributed by atoms with Gasteiger partial charge in [0, 0.05) is 0 Å². The van der Waals surface area contributed by atoms with Crippen LogP contribution in [0.3, 0.4) is 0 Å². The van der Waals surface area contributed by atoms with E-state index in [1.54, 1.807) is 0 Å². The highest BCUT2D eigenvalue weighted by atomic mass is 16.6. The molecular weight excluding hydrogens is 270 g/mol. The van der Waals surface area contributed by atoms with Crippen molar-refractivity contribution in [3.05, 3.63) is 0 Å². The van der Waals surface area contributed by atoms with E-state index >= 15 is 0 Å². The fourth-order valence-electron chi connectivity index (χ4n) is 1.74. The Morgan fingerprint density at radius 2 is 1.40 bits per heavy atom. The van der Waals surface area contributed by atoms with Gasteiger partial charge < -0.3 is 35.2 Å². The zero-order valence-electron chi connectivity index (χ0n) is 12.0. The van der Waals surface area contributed by atoms with Crippen molar-refractivity contribution in [1.82, 2.24) is 4.90 Å². The molecule has 1 saturated heterocycles. The van der Waals surface area contributed by atoms with Gasteiger partial charge in [0.2, 0.25) is 0 Å². The number of aliphatic carboxylic acids is 1. The van der Waals surface area contributed by atoms with Gasteiger partial charge in [-0.25, -0.2) is 4.79 Å². The van der Waals surface area contributed by atoms with E-state index in [9.17, 15) is 4.79 Å². The molecule has 20 heavy (non-hydrogen) atoms. The summed E-state index contributed by atoms with van der Waals surface area (Å²) in [5, 5.41) is 44.4. The Balaban J connectivity index is 0.000000441. The maximum atomic E-state index is 10.4. The van der Waals surface area contributed by atoms with Crippen LogP contribution >= 0.6 is 0 Å². The van der Waals surface area contributed by atoms with Gasteiger partial charge in [0.1, 0.15) is 18.3 Å². The van der Waals surface area contributed by atoms with Crippen molar-refractivity contribution in [2.45, 2.75) is 51.5 Å². The molecule has 1 aliphatic heterocycles. The Bertz CT molecular complexity index is 279. The molecule has 0 radical (unpaired) electrons. The topological polar surface area (TPSA) is 131 Å². The largest absolute Gasteiger partial charge is 0.479 e. The molecule has 0 saturated carbocycles. The minimum Gasteiger partial charge on any atom is -0.479 e. The van der Waals surface area contributed by atoms with Gasteiger partial charge in [-0.3, -0.25) is 0 Å². The van der Waals surface area contributed by atoms with Crippen molar-refractivity contribution in [2.24, 2.45) is 0 Å². The van der Waals surface area contributed by atoms with Gasteiger partial charge in [-0.05, 0) is 19.6 Å². The first-order chi connectivity index (χ1) is 9.29. The van der Waals surface area contributed by atoms with Gasteiger partial charge >= 0.3 is 5.97 Å². The second-order valence-corrected chi connectivity index (χ2v) is 4.38. The fraction of sp³-hybridized carbons (Fsp3) is 0.917. The lowest BCUT2D eigenvalue weighted by atomic mass is 9.99. The van der Waals surface area contributed by atoms with E-state index in [1.165, 1.54) is 19.6 Å². The third-order valence-electron chi connectivity index (χ3n) is 3.17. The van der Waals surface area contributed by atoms with Crippen LogP contribution in [0.1, 0.15) is 20.8 Å². The van der Waals surface area contributed by atoms with Gasteiger partial charge in [0.15, 0.2) is 12.4 Å². The Morgan fingerprint density at radius 1 is 0.950 bits per heavy atom. The maximum Gasteiger partial charge on any atom is 0.335 e. The minimum absolute atomic E-state index is 1.19. The standard InChI is InChI=1S/C6H15N.C6H10O7/c1-4-7(5-2)6-3;7-1-2(8)4(5(10)11)13-6(12)3(1)9/h4-6H2,1-3H3;1-4,6-9,12H,(H,10,11)/t;1-,2-,3+,4-,6+/m.0/s1. The molecule has 1 rings (SSSR count). The van der Waals surface area contributed by atoms with Crippen molar-refractivity contribution in [2.75, 3.05) is 19.6 Å². The lowest BCUT2D eigenvalue weighted by Crippen LogP contribution is -2.59. The number of aliphatic hydroxyl groups excluding tert-OH is 4. The molecule has 0 spiro atoms. The van der Waals surface area contributed by atoms with E-state index in [4.69, 9.17) is 25.5 Å². The summed E-state index contributed by atoms with van der Waals surface area (Å²) in [5.41, 5.74) is 0. The van der Waals surface area contributed by atoms with E-state index in [0.29, 0.717) is 0 Å². The first kappa shape index (κ1) is 19.2. The number of carboxylic acid groups (broad SMARTS) is 1. The predicted molar refractivity (Wildman–Crippen MR) is 70.0 cm³/mol. The summed E-state index contributed by atoms with van der Waals surface area (Å²) in [6.07, 6.45) is -8.72. The summed E-state index contributed by atoms with van der Waals surface area (Å²) in [6, 6.07) is 0. The molecule has 0 aromatic rings. The number of ether oxygens (including phenoxy) is 1. The van der Waals surface area contributed by atoms with Gasteiger partial charge in [0.25, 0.3) is 0 Å². The van der Waals surface area contributed by atoms with E-state index in [0.717, 1.165) is 0 Å². The molecule has 5 N–H and O–H groups in total. The summed E-state index contributed by atoms with van der Waals surface area (Å²) in [6.45, 7) is 10.1. The summed E-state index contributed by atoms with van der Waals surface area (Å²) in [7, 11) is 0. The first-order valence-electron chi connectivity index (χ1n) is 6.62. The average Bonchev–Trinajstić information content (AvgIpc) is 2.43. The van der Waals surface area contributed by atoms with Crippen LogP contribution in [0.4, 0.5) is 0 Å². The molecule has 1 fully saturated rings.